The molecular formula is C35H60O6. The standard InChI is InChI=1S/C16H26O2.C14H24O.C4H6O3.CH4/c1-6-7-8-16(13(2)3)10-9-14(4)11-12-18-15(5)17;1-5-6-7-14(12(2)3)9-8-13(4)10-11-15;1-3(5)7-4(2)6;/h6,9,16H,1-2,7-8,10-12H2,3-5H3;5,8,14-15H,1-2,6-7,9-11H2,3-4H3;1-2H3;1H4. The van der Waals surface area contributed by atoms with Gasteiger partial charge in [-0.3, -0.25) is 14.4 Å². The minimum atomic E-state index is -0.562. The average molecular weight is 577 g/mol. The fourth-order valence-corrected chi connectivity index (χ4v) is 3.39. The van der Waals surface area contributed by atoms with Gasteiger partial charge in [0.05, 0.1) is 6.61 Å². The molecule has 1 N–H and O–H groups in total. The highest BCUT2D eigenvalue weighted by Crippen LogP contribution is 2.22. The van der Waals surface area contributed by atoms with Crippen LogP contribution >= 0.6 is 0 Å². The van der Waals surface area contributed by atoms with Crippen LogP contribution < -0.4 is 0 Å². The number of hydrogen-bond acceptors (Lipinski definition) is 6. The Labute approximate surface area is 252 Å². The summed E-state index contributed by atoms with van der Waals surface area (Å²) in [6, 6.07) is 0. The van der Waals surface area contributed by atoms with E-state index in [4.69, 9.17) is 9.84 Å². The lowest BCUT2D eigenvalue weighted by Gasteiger charge is -2.14. The van der Waals surface area contributed by atoms with Crippen LogP contribution in [0.25, 0.3) is 0 Å². The molecule has 0 rings (SSSR count). The third-order valence-corrected chi connectivity index (χ3v) is 5.93. The molecule has 0 aliphatic rings. The van der Waals surface area contributed by atoms with E-state index in [9.17, 15) is 14.4 Å². The summed E-state index contributed by atoms with van der Waals surface area (Å²) >= 11 is 0. The maximum absolute atomic E-state index is 10.6. The fraction of sp³-hybridized carbons (Fsp3) is 0.571. The molecule has 0 saturated heterocycles. The molecule has 236 valence electrons. The monoisotopic (exact) mass is 576 g/mol. The second-order valence-electron chi connectivity index (χ2n) is 10.0. The Morgan fingerprint density at radius 2 is 1.10 bits per heavy atom. The number of esters is 3. The van der Waals surface area contributed by atoms with E-state index in [0.717, 1.165) is 51.4 Å². The predicted octanol–water partition coefficient (Wildman–Crippen LogP) is 9.03. The van der Waals surface area contributed by atoms with Gasteiger partial charge in [0.2, 0.25) is 0 Å². The topological polar surface area (TPSA) is 89.9 Å². The smallest absolute Gasteiger partial charge is 0.310 e. The van der Waals surface area contributed by atoms with Gasteiger partial charge in [0, 0.05) is 33.8 Å². The van der Waals surface area contributed by atoms with Crippen molar-refractivity contribution in [2.24, 2.45) is 11.8 Å². The number of allylic oxidation sites excluding steroid dienone is 6. The molecule has 0 aromatic heterocycles. The molecule has 0 radical (unpaired) electrons. The molecular weight excluding hydrogens is 516 g/mol. The molecule has 0 heterocycles. The summed E-state index contributed by atoms with van der Waals surface area (Å²) in [6.07, 6.45) is 16.3. The lowest BCUT2D eigenvalue weighted by molar-refractivity contribution is -0.156. The van der Waals surface area contributed by atoms with Crippen LogP contribution in [0.5, 0.6) is 0 Å². The molecule has 0 aliphatic heterocycles. The van der Waals surface area contributed by atoms with Crippen molar-refractivity contribution in [3.8, 4) is 0 Å². The van der Waals surface area contributed by atoms with E-state index in [1.54, 1.807) is 0 Å². The number of aliphatic hydroxyl groups excluding tert-OH is 1. The number of rotatable bonds is 17. The van der Waals surface area contributed by atoms with Gasteiger partial charge in [-0.15, -0.1) is 13.2 Å². The molecule has 0 fully saturated rings. The molecule has 0 spiro atoms. The van der Waals surface area contributed by atoms with Crippen molar-refractivity contribution in [3.05, 3.63) is 72.9 Å². The second-order valence-corrected chi connectivity index (χ2v) is 10.0. The fourth-order valence-electron chi connectivity index (χ4n) is 3.39. The number of carbonyl (C=O) groups excluding carboxylic acids is 3. The van der Waals surface area contributed by atoms with Gasteiger partial charge in [0.15, 0.2) is 0 Å². The van der Waals surface area contributed by atoms with E-state index in [1.807, 2.05) is 12.2 Å². The largest absolute Gasteiger partial charge is 0.466 e. The Morgan fingerprint density at radius 3 is 1.37 bits per heavy atom. The van der Waals surface area contributed by atoms with Gasteiger partial charge in [-0.05, 0) is 84.5 Å². The molecule has 41 heavy (non-hydrogen) atoms. The first-order valence-corrected chi connectivity index (χ1v) is 14.0. The number of ether oxygens (including phenoxy) is 2. The first-order chi connectivity index (χ1) is 18.7. The molecule has 6 heteroatoms. The highest BCUT2D eigenvalue weighted by atomic mass is 16.6. The molecule has 6 nitrogen and oxygen atoms in total. The third kappa shape index (κ3) is 35.0. The van der Waals surface area contributed by atoms with Gasteiger partial charge in [0.25, 0.3) is 0 Å². The van der Waals surface area contributed by atoms with Crippen LogP contribution in [0, 0.1) is 11.8 Å². The Morgan fingerprint density at radius 1 is 0.707 bits per heavy atom. The van der Waals surface area contributed by atoms with Crippen LogP contribution in [0.2, 0.25) is 0 Å². The van der Waals surface area contributed by atoms with E-state index >= 15 is 0 Å². The molecule has 0 aromatic rings. The van der Waals surface area contributed by atoms with Crippen molar-refractivity contribution in [1.29, 1.82) is 0 Å². The van der Waals surface area contributed by atoms with Crippen LogP contribution in [-0.2, 0) is 23.9 Å². The quantitative estimate of drug-likeness (QED) is 0.106. The van der Waals surface area contributed by atoms with Crippen LogP contribution in [0.3, 0.4) is 0 Å². The molecule has 0 bridgehead atoms. The summed E-state index contributed by atoms with van der Waals surface area (Å²) in [4.78, 5) is 30.3. The molecule has 2 unspecified atom stereocenters. The number of hydrogen-bond donors (Lipinski definition) is 1. The van der Waals surface area contributed by atoms with Crippen LogP contribution in [-0.4, -0.2) is 36.2 Å². The SMILES string of the molecule is C.C=CCCC(CC=C(C)CCO)C(=C)C.C=CCCC(CC=C(C)CCOC(C)=O)C(=C)C.CC(=O)OC(C)=O. The first kappa shape index (κ1) is 45.0. The second kappa shape index (κ2) is 30.0. The van der Waals surface area contributed by atoms with E-state index in [2.05, 4.69) is 70.9 Å². The van der Waals surface area contributed by atoms with E-state index in [0.29, 0.717) is 18.4 Å². The molecule has 0 aromatic carbocycles. The van der Waals surface area contributed by atoms with Gasteiger partial charge in [-0.1, -0.05) is 67.2 Å². The molecule has 0 saturated carbocycles. The molecule has 0 amide bonds. The lowest BCUT2D eigenvalue weighted by Crippen LogP contribution is -2.03. The highest BCUT2D eigenvalue weighted by molar-refractivity contribution is 5.82. The zero-order chi connectivity index (χ0) is 31.5. The Hall–Kier alpha value is -2.99. The van der Waals surface area contributed by atoms with Gasteiger partial charge < -0.3 is 14.6 Å². The van der Waals surface area contributed by atoms with Gasteiger partial charge in [-0.25, -0.2) is 0 Å². The normalized spacial score (nSPS) is 12.0. The van der Waals surface area contributed by atoms with Crippen molar-refractivity contribution >= 4 is 17.9 Å². The minimum Gasteiger partial charge on any atom is -0.466 e. The molecule has 0 aliphatic carbocycles. The van der Waals surface area contributed by atoms with Gasteiger partial charge >= 0.3 is 17.9 Å². The number of aliphatic hydroxyl groups is 1. The number of carbonyl (C=O) groups is 3. The van der Waals surface area contributed by atoms with Crippen molar-refractivity contribution in [2.45, 2.75) is 107 Å². The Balaban J connectivity index is -0.000000269. The maximum Gasteiger partial charge on any atom is 0.310 e. The Bertz CT molecular complexity index is 835. The minimum absolute atomic E-state index is 0. The summed E-state index contributed by atoms with van der Waals surface area (Å²) in [5, 5.41) is 8.78. The van der Waals surface area contributed by atoms with Gasteiger partial charge in [-0.2, -0.15) is 0 Å². The van der Waals surface area contributed by atoms with Crippen molar-refractivity contribution in [2.75, 3.05) is 13.2 Å². The first-order valence-electron chi connectivity index (χ1n) is 14.0. The lowest BCUT2D eigenvalue weighted by atomic mass is 9.92. The Kier molecular flexibility index (Phi) is 32.9. The van der Waals surface area contributed by atoms with Crippen molar-refractivity contribution in [3.63, 3.8) is 0 Å². The summed E-state index contributed by atoms with van der Waals surface area (Å²) in [6.45, 7) is 28.4. The third-order valence-electron chi connectivity index (χ3n) is 5.93. The zero-order valence-corrected chi connectivity index (χ0v) is 26.4. The average Bonchev–Trinajstić information content (AvgIpc) is 2.83. The van der Waals surface area contributed by atoms with Gasteiger partial charge in [0.1, 0.15) is 0 Å². The van der Waals surface area contributed by atoms with E-state index in [1.165, 1.54) is 43.1 Å². The van der Waals surface area contributed by atoms with Crippen molar-refractivity contribution in [1.82, 2.24) is 0 Å². The van der Waals surface area contributed by atoms with Crippen molar-refractivity contribution < 1.29 is 29.0 Å². The van der Waals surface area contributed by atoms with Crippen LogP contribution in [0.15, 0.2) is 72.9 Å². The van der Waals surface area contributed by atoms with E-state index < -0.39 is 11.9 Å². The van der Waals surface area contributed by atoms with Crippen LogP contribution in [0.1, 0.15) is 107 Å². The summed E-state index contributed by atoms with van der Waals surface area (Å²) in [5.41, 5.74) is 4.99. The summed E-state index contributed by atoms with van der Waals surface area (Å²) in [7, 11) is 0. The summed E-state index contributed by atoms with van der Waals surface area (Å²) < 4.78 is 8.89. The highest BCUT2D eigenvalue weighted by Gasteiger charge is 2.08. The van der Waals surface area contributed by atoms with E-state index in [-0.39, 0.29) is 20.0 Å². The van der Waals surface area contributed by atoms with Crippen LogP contribution in [0.4, 0.5) is 0 Å². The summed E-state index contributed by atoms with van der Waals surface area (Å²) in [5.74, 6) is -0.267. The molecule has 2 atom stereocenters. The maximum atomic E-state index is 10.6. The predicted molar refractivity (Wildman–Crippen MR) is 174 cm³/mol. The zero-order valence-electron chi connectivity index (χ0n) is 26.4.